The van der Waals surface area contributed by atoms with E-state index in [0.717, 1.165) is 47.4 Å². The van der Waals surface area contributed by atoms with Crippen LogP contribution < -0.4 is 5.56 Å². The second-order valence-corrected chi connectivity index (χ2v) is 8.70. The maximum atomic E-state index is 13.4. The Morgan fingerprint density at radius 3 is 2.50 bits per heavy atom. The van der Waals surface area contributed by atoms with E-state index in [0.29, 0.717) is 5.82 Å². The number of benzene rings is 2. The molecule has 0 saturated heterocycles. The molecule has 3 heterocycles. The van der Waals surface area contributed by atoms with Crippen molar-refractivity contribution in [1.29, 1.82) is 0 Å². The lowest BCUT2D eigenvalue weighted by Crippen LogP contribution is -2.30. The third-order valence-corrected chi connectivity index (χ3v) is 6.75. The summed E-state index contributed by atoms with van der Waals surface area (Å²) in [4.78, 5) is 22.8. The van der Waals surface area contributed by atoms with Crippen LogP contribution in [0.5, 0.6) is 0 Å². The number of rotatable bonds is 5. The molecule has 0 atom stereocenters. The van der Waals surface area contributed by atoms with Crippen LogP contribution in [0, 0.1) is 0 Å². The molecule has 1 aliphatic heterocycles. The van der Waals surface area contributed by atoms with E-state index in [-0.39, 0.29) is 18.7 Å². The third kappa shape index (κ3) is 3.47. The number of aromatic nitrogens is 2. The topological polar surface area (TPSA) is 58.4 Å². The van der Waals surface area contributed by atoms with E-state index in [1.807, 2.05) is 36.4 Å². The molecule has 0 bridgehead atoms. The summed E-state index contributed by atoms with van der Waals surface area (Å²) < 4.78 is 1.63. The van der Waals surface area contributed by atoms with Crippen LogP contribution in [-0.4, -0.2) is 32.7 Å². The molecule has 0 unspecified atom stereocenters. The van der Waals surface area contributed by atoms with Crippen molar-refractivity contribution in [3.8, 4) is 11.4 Å². The molecule has 2 aromatic heterocycles. The lowest BCUT2D eigenvalue weighted by atomic mass is 10.0. The number of thiophene rings is 1. The monoisotopic (exact) mass is 417 g/mol. The van der Waals surface area contributed by atoms with Crippen LogP contribution in [0.2, 0.25) is 0 Å². The summed E-state index contributed by atoms with van der Waals surface area (Å²) in [7, 11) is 0. The molecule has 4 aromatic rings. The van der Waals surface area contributed by atoms with Crippen molar-refractivity contribution in [3.05, 3.63) is 87.0 Å². The molecule has 6 heteroatoms. The van der Waals surface area contributed by atoms with Gasteiger partial charge in [-0.25, -0.2) is 4.98 Å². The van der Waals surface area contributed by atoms with Crippen molar-refractivity contribution in [2.45, 2.75) is 26.1 Å². The van der Waals surface area contributed by atoms with Crippen LogP contribution in [0.15, 0.2) is 65.5 Å². The van der Waals surface area contributed by atoms with Gasteiger partial charge in [-0.2, -0.15) is 0 Å². The van der Waals surface area contributed by atoms with Gasteiger partial charge in [-0.3, -0.25) is 14.3 Å². The molecule has 0 radical (unpaired) electrons. The van der Waals surface area contributed by atoms with Gasteiger partial charge in [0.2, 0.25) is 0 Å². The maximum absolute atomic E-state index is 13.4. The molecule has 1 aliphatic rings. The Morgan fingerprint density at radius 1 is 1.03 bits per heavy atom. The van der Waals surface area contributed by atoms with Gasteiger partial charge in [-0.05, 0) is 17.5 Å². The molecule has 0 aliphatic carbocycles. The first-order chi connectivity index (χ1) is 14.7. The highest BCUT2D eigenvalue weighted by Crippen LogP contribution is 2.34. The van der Waals surface area contributed by atoms with E-state index < -0.39 is 0 Å². The van der Waals surface area contributed by atoms with Crippen LogP contribution >= 0.6 is 11.3 Å². The summed E-state index contributed by atoms with van der Waals surface area (Å²) in [5.74, 6) is 0.627. The lowest BCUT2D eigenvalue weighted by molar-refractivity contribution is 0.249. The fourth-order valence-corrected chi connectivity index (χ4v) is 5.47. The maximum Gasteiger partial charge on any atom is 0.262 e. The zero-order valence-corrected chi connectivity index (χ0v) is 17.4. The molecule has 0 saturated carbocycles. The smallest absolute Gasteiger partial charge is 0.262 e. The predicted octanol–water partition coefficient (Wildman–Crippen LogP) is 3.68. The summed E-state index contributed by atoms with van der Waals surface area (Å²) in [6.45, 7) is 2.83. The highest BCUT2D eigenvalue weighted by atomic mass is 32.1. The van der Waals surface area contributed by atoms with Gasteiger partial charge in [-0.1, -0.05) is 60.7 Å². The Balaban J connectivity index is 1.57. The molecular formula is C24H23N3O2S. The van der Waals surface area contributed by atoms with Crippen molar-refractivity contribution < 1.29 is 5.11 Å². The molecule has 0 amide bonds. The van der Waals surface area contributed by atoms with E-state index in [1.165, 1.54) is 10.4 Å². The quantitative estimate of drug-likeness (QED) is 0.538. The Morgan fingerprint density at radius 2 is 1.77 bits per heavy atom. The first-order valence-corrected chi connectivity index (χ1v) is 11.0. The van der Waals surface area contributed by atoms with Gasteiger partial charge in [0.15, 0.2) is 0 Å². The average molecular weight is 418 g/mol. The summed E-state index contributed by atoms with van der Waals surface area (Å²) in [5.41, 5.74) is 3.30. The Kier molecular flexibility index (Phi) is 5.21. The average Bonchev–Trinajstić information content (AvgIpc) is 3.15. The van der Waals surface area contributed by atoms with Crippen molar-refractivity contribution in [2.24, 2.45) is 0 Å². The molecular weight excluding hydrogens is 394 g/mol. The zero-order chi connectivity index (χ0) is 20.5. The normalized spacial score (nSPS) is 14.2. The molecule has 5 nitrogen and oxygen atoms in total. The summed E-state index contributed by atoms with van der Waals surface area (Å²) in [6.07, 6.45) is 0.850. The van der Waals surface area contributed by atoms with Crippen molar-refractivity contribution >= 4 is 21.6 Å². The van der Waals surface area contributed by atoms with E-state index in [9.17, 15) is 9.90 Å². The minimum atomic E-state index is -0.0931. The summed E-state index contributed by atoms with van der Waals surface area (Å²) in [6, 6.07) is 20.2. The minimum Gasteiger partial charge on any atom is -0.395 e. The van der Waals surface area contributed by atoms with Gasteiger partial charge in [0.05, 0.1) is 18.5 Å². The third-order valence-electron chi connectivity index (χ3n) is 5.64. The lowest BCUT2D eigenvalue weighted by Gasteiger charge is -2.26. The molecule has 152 valence electrons. The fraction of sp³-hybridized carbons (Fsp3) is 0.250. The first-order valence-electron chi connectivity index (χ1n) is 10.2. The van der Waals surface area contributed by atoms with Gasteiger partial charge in [0, 0.05) is 30.1 Å². The summed E-state index contributed by atoms with van der Waals surface area (Å²) >= 11 is 1.64. The number of aliphatic hydroxyl groups is 1. The van der Waals surface area contributed by atoms with Gasteiger partial charge in [0.1, 0.15) is 10.7 Å². The van der Waals surface area contributed by atoms with Crippen LogP contribution in [0.1, 0.15) is 16.0 Å². The summed E-state index contributed by atoms with van der Waals surface area (Å²) in [5, 5.41) is 10.3. The SMILES string of the molecule is O=c1c2c3c(sc2nc(-c2ccccc2)n1CCO)CN(Cc1ccccc1)CC3. The number of aliphatic hydroxyl groups excluding tert-OH is 1. The number of nitrogens with zero attached hydrogens (tertiary/aromatic N) is 3. The largest absolute Gasteiger partial charge is 0.395 e. The van der Waals surface area contributed by atoms with Gasteiger partial charge < -0.3 is 5.11 Å². The van der Waals surface area contributed by atoms with Crippen LogP contribution in [-0.2, 0) is 26.1 Å². The van der Waals surface area contributed by atoms with E-state index in [4.69, 9.17) is 4.98 Å². The van der Waals surface area contributed by atoms with Crippen LogP contribution in [0.3, 0.4) is 0 Å². The second kappa shape index (κ2) is 8.14. The minimum absolute atomic E-state index is 0.0399. The highest BCUT2D eigenvalue weighted by Gasteiger charge is 2.25. The van der Waals surface area contributed by atoms with E-state index in [2.05, 4.69) is 29.2 Å². The molecule has 1 N–H and O–H groups in total. The number of fused-ring (bicyclic) bond motifs is 3. The van der Waals surface area contributed by atoms with Crippen LogP contribution in [0.25, 0.3) is 21.6 Å². The highest BCUT2D eigenvalue weighted by molar-refractivity contribution is 7.18. The molecule has 5 rings (SSSR count). The Labute approximate surface area is 178 Å². The number of hydrogen-bond acceptors (Lipinski definition) is 5. The first kappa shape index (κ1) is 19.2. The van der Waals surface area contributed by atoms with Crippen LogP contribution in [0.4, 0.5) is 0 Å². The van der Waals surface area contributed by atoms with Gasteiger partial charge in [0.25, 0.3) is 5.56 Å². The molecule has 0 fully saturated rings. The van der Waals surface area contributed by atoms with E-state index in [1.54, 1.807) is 15.9 Å². The van der Waals surface area contributed by atoms with Crippen molar-refractivity contribution in [2.75, 3.05) is 13.2 Å². The Hall–Kier alpha value is -2.80. The molecule has 2 aromatic carbocycles. The Bertz CT molecular complexity index is 1230. The predicted molar refractivity (Wildman–Crippen MR) is 121 cm³/mol. The van der Waals surface area contributed by atoms with Gasteiger partial charge >= 0.3 is 0 Å². The molecule has 30 heavy (non-hydrogen) atoms. The number of hydrogen-bond donors (Lipinski definition) is 1. The van der Waals surface area contributed by atoms with Crippen molar-refractivity contribution in [1.82, 2.24) is 14.5 Å². The van der Waals surface area contributed by atoms with Crippen molar-refractivity contribution in [3.63, 3.8) is 0 Å². The zero-order valence-electron chi connectivity index (χ0n) is 16.6. The fourth-order valence-electron chi connectivity index (χ4n) is 4.22. The second-order valence-electron chi connectivity index (χ2n) is 7.61. The van der Waals surface area contributed by atoms with E-state index >= 15 is 0 Å². The molecule has 0 spiro atoms. The van der Waals surface area contributed by atoms with Gasteiger partial charge in [-0.15, -0.1) is 11.3 Å². The standard InChI is InChI=1S/C24H23N3O2S/c28-14-13-27-22(18-9-5-2-6-10-18)25-23-21(24(27)29)19-11-12-26(16-20(19)30-23)15-17-7-3-1-4-8-17/h1-10,28H,11-16H2.